The third kappa shape index (κ3) is 1.26. The van der Waals surface area contributed by atoms with E-state index in [0.717, 1.165) is 0 Å². The van der Waals surface area contributed by atoms with Gasteiger partial charge in [0.05, 0.1) is 0 Å². The molecule has 15 heavy (non-hydrogen) atoms. The molecule has 0 aromatic heterocycles. The average Bonchev–Trinajstić information content (AvgIpc) is 2.54. The van der Waals surface area contributed by atoms with Crippen molar-refractivity contribution in [1.29, 1.82) is 0 Å². The Morgan fingerprint density at radius 3 is 2.53 bits per heavy atom. The molecule has 3 rings (SSSR count). The van der Waals surface area contributed by atoms with Crippen LogP contribution >= 0.6 is 15.9 Å². The van der Waals surface area contributed by atoms with Crippen molar-refractivity contribution in [2.24, 2.45) is 0 Å². The summed E-state index contributed by atoms with van der Waals surface area (Å²) in [6.07, 6.45) is 0. The summed E-state index contributed by atoms with van der Waals surface area (Å²) in [5, 5.41) is 0. The molecule has 2 aromatic rings. The van der Waals surface area contributed by atoms with Crippen molar-refractivity contribution < 1.29 is 0 Å². The zero-order chi connectivity index (χ0) is 10.4. The molecule has 1 aliphatic rings. The lowest BCUT2D eigenvalue weighted by Crippen LogP contribution is -1.88. The van der Waals surface area contributed by atoms with Gasteiger partial charge in [-0.25, -0.2) is 0 Å². The highest BCUT2D eigenvalue weighted by Crippen LogP contribution is 2.44. The number of halogens is 1. The van der Waals surface area contributed by atoms with Crippen LogP contribution in [-0.2, 0) is 0 Å². The number of benzene rings is 2. The summed E-state index contributed by atoms with van der Waals surface area (Å²) in [6, 6.07) is 15.2. The lowest BCUT2D eigenvalue weighted by atomic mass is 10.00. The van der Waals surface area contributed by atoms with Gasteiger partial charge >= 0.3 is 0 Å². The lowest BCUT2D eigenvalue weighted by molar-refractivity contribution is 0.955. The van der Waals surface area contributed by atoms with E-state index >= 15 is 0 Å². The normalized spacial score (nSPS) is 17.3. The molecule has 0 nitrogen and oxygen atoms in total. The van der Waals surface area contributed by atoms with Gasteiger partial charge in [0, 0.05) is 10.4 Å². The van der Waals surface area contributed by atoms with Crippen LogP contribution in [0.2, 0.25) is 0 Å². The van der Waals surface area contributed by atoms with E-state index < -0.39 is 0 Å². The second kappa shape index (κ2) is 3.21. The molecule has 74 valence electrons. The Morgan fingerprint density at radius 1 is 0.933 bits per heavy atom. The maximum Gasteiger partial charge on any atom is 0.0178 e. The quantitative estimate of drug-likeness (QED) is 0.649. The van der Waals surface area contributed by atoms with Gasteiger partial charge in [0.2, 0.25) is 0 Å². The SMILES string of the molecule is CC1c2ccccc2-c2ccc(Br)cc21. The Kier molecular flexibility index (Phi) is 1.96. The van der Waals surface area contributed by atoms with Crippen LogP contribution in [0.1, 0.15) is 24.0 Å². The minimum atomic E-state index is 0.522. The van der Waals surface area contributed by atoms with Gasteiger partial charge in [0.15, 0.2) is 0 Å². The first-order chi connectivity index (χ1) is 7.27. The van der Waals surface area contributed by atoms with E-state index in [4.69, 9.17) is 0 Å². The molecule has 0 spiro atoms. The Balaban J connectivity index is 2.32. The van der Waals surface area contributed by atoms with Crippen molar-refractivity contribution >= 4 is 15.9 Å². The first kappa shape index (κ1) is 9.17. The summed E-state index contributed by atoms with van der Waals surface area (Å²) < 4.78 is 1.17. The summed E-state index contributed by atoms with van der Waals surface area (Å²) in [5.74, 6) is 0.522. The summed E-state index contributed by atoms with van der Waals surface area (Å²) in [6.45, 7) is 2.27. The summed E-state index contributed by atoms with van der Waals surface area (Å²) in [4.78, 5) is 0. The highest BCUT2D eigenvalue weighted by atomic mass is 79.9. The van der Waals surface area contributed by atoms with Gasteiger partial charge in [-0.2, -0.15) is 0 Å². The van der Waals surface area contributed by atoms with E-state index in [0.29, 0.717) is 5.92 Å². The monoisotopic (exact) mass is 258 g/mol. The maximum absolute atomic E-state index is 3.54. The van der Waals surface area contributed by atoms with E-state index in [1.165, 1.54) is 26.7 Å². The Bertz CT molecular complexity index is 529. The molecule has 2 aromatic carbocycles. The first-order valence-corrected chi connectivity index (χ1v) is 5.95. The molecule has 1 atom stereocenters. The van der Waals surface area contributed by atoms with E-state index in [9.17, 15) is 0 Å². The number of hydrogen-bond donors (Lipinski definition) is 0. The van der Waals surface area contributed by atoms with Crippen LogP contribution in [0.4, 0.5) is 0 Å². The smallest absolute Gasteiger partial charge is 0.0178 e. The van der Waals surface area contributed by atoms with Crippen LogP contribution in [0, 0.1) is 0 Å². The van der Waals surface area contributed by atoms with Gasteiger partial charge in [-0.05, 0) is 34.4 Å². The number of fused-ring (bicyclic) bond motifs is 3. The zero-order valence-electron chi connectivity index (χ0n) is 8.50. The standard InChI is InChI=1S/C14H11Br/c1-9-11-4-2-3-5-12(11)13-7-6-10(15)8-14(9)13/h2-9H,1H3. The first-order valence-electron chi connectivity index (χ1n) is 5.16. The van der Waals surface area contributed by atoms with Gasteiger partial charge < -0.3 is 0 Å². The zero-order valence-corrected chi connectivity index (χ0v) is 10.1. The molecular formula is C14H11Br. The van der Waals surface area contributed by atoms with Crippen molar-refractivity contribution in [3.8, 4) is 11.1 Å². The van der Waals surface area contributed by atoms with Crippen LogP contribution < -0.4 is 0 Å². The van der Waals surface area contributed by atoms with E-state index in [1.807, 2.05) is 0 Å². The maximum atomic E-state index is 3.54. The minimum Gasteiger partial charge on any atom is -0.0619 e. The van der Waals surface area contributed by atoms with E-state index in [-0.39, 0.29) is 0 Å². The van der Waals surface area contributed by atoms with Crippen molar-refractivity contribution in [1.82, 2.24) is 0 Å². The average molecular weight is 259 g/mol. The second-order valence-electron chi connectivity index (χ2n) is 4.04. The van der Waals surface area contributed by atoms with Gasteiger partial charge in [-0.1, -0.05) is 53.2 Å². The van der Waals surface area contributed by atoms with Gasteiger partial charge in [0.1, 0.15) is 0 Å². The minimum absolute atomic E-state index is 0.522. The molecule has 1 heteroatoms. The molecule has 0 aliphatic heterocycles. The van der Waals surface area contributed by atoms with Gasteiger partial charge in [-0.3, -0.25) is 0 Å². The third-order valence-corrected chi connectivity index (χ3v) is 3.69. The third-order valence-electron chi connectivity index (χ3n) is 3.20. The fraction of sp³-hybridized carbons (Fsp3) is 0.143. The van der Waals surface area contributed by atoms with Crippen LogP contribution in [0.5, 0.6) is 0 Å². The second-order valence-corrected chi connectivity index (χ2v) is 4.96. The van der Waals surface area contributed by atoms with E-state index in [2.05, 4.69) is 65.3 Å². The van der Waals surface area contributed by atoms with Crippen LogP contribution in [0.25, 0.3) is 11.1 Å². The van der Waals surface area contributed by atoms with Crippen LogP contribution in [0.15, 0.2) is 46.9 Å². The number of rotatable bonds is 0. The molecular weight excluding hydrogens is 248 g/mol. The largest absolute Gasteiger partial charge is 0.0619 e. The highest BCUT2D eigenvalue weighted by molar-refractivity contribution is 9.10. The molecule has 0 fully saturated rings. The van der Waals surface area contributed by atoms with Gasteiger partial charge in [0.25, 0.3) is 0 Å². The molecule has 0 saturated heterocycles. The molecule has 0 saturated carbocycles. The topological polar surface area (TPSA) is 0 Å². The molecule has 1 unspecified atom stereocenters. The van der Waals surface area contributed by atoms with E-state index in [1.54, 1.807) is 0 Å². The van der Waals surface area contributed by atoms with Crippen molar-refractivity contribution in [3.05, 3.63) is 58.1 Å². The van der Waals surface area contributed by atoms with Crippen LogP contribution in [0.3, 0.4) is 0 Å². The molecule has 0 amide bonds. The summed E-state index contributed by atoms with van der Waals surface area (Å²) in [5.41, 5.74) is 5.67. The predicted octanol–water partition coefficient (Wildman–Crippen LogP) is 4.58. The van der Waals surface area contributed by atoms with Crippen LogP contribution in [-0.4, -0.2) is 0 Å². The summed E-state index contributed by atoms with van der Waals surface area (Å²) in [7, 11) is 0. The molecule has 1 aliphatic carbocycles. The fourth-order valence-electron chi connectivity index (χ4n) is 2.42. The van der Waals surface area contributed by atoms with Crippen molar-refractivity contribution in [2.45, 2.75) is 12.8 Å². The number of hydrogen-bond acceptors (Lipinski definition) is 0. The highest BCUT2D eigenvalue weighted by Gasteiger charge is 2.24. The summed E-state index contributed by atoms with van der Waals surface area (Å²) >= 11 is 3.54. The fourth-order valence-corrected chi connectivity index (χ4v) is 2.80. The molecule has 0 radical (unpaired) electrons. The molecule has 0 heterocycles. The van der Waals surface area contributed by atoms with Crippen molar-refractivity contribution in [3.63, 3.8) is 0 Å². The van der Waals surface area contributed by atoms with Crippen molar-refractivity contribution in [2.75, 3.05) is 0 Å². The Hall–Kier alpha value is -1.08. The molecule has 0 N–H and O–H groups in total. The Labute approximate surface area is 98.1 Å². The lowest BCUT2D eigenvalue weighted by Gasteiger charge is -2.05. The predicted molar refractivity (Wildman–Crippen MR) is 67.1 cm³/mol. The molecule has 0 bridgehead atoms. The Morgan fingerprint density at radius 2 is 1.67 bits per heavy atom. The van der Waals surface area contributed by atoms with Gasteiger partial charge in [-0.15, -0.1) is 0 Å².